The van der Waals surface area contributed by atoms with E-state index in [1.807, 2.05) is 54.7 Å². The lowest BCUT2D eigenvalue weighted by Crippen LogP contribution is -2.39. The van der Waals surface area contributed by atoms with Crippen LogP contribution >= 0.6 is 0 Å². The number of benzene rings is 2. The monoisotopic (exact) mass is 376 g/mol. The maximum absolute atomic E-state index is 13.0. The molecular weight excluding hydrogens is 352 g/mol. The van der Waals surface area contributed by atoms with Crippen molar-refractivity contribution in [2.24, 2.45) is 0 Å². The van der Waals surface area contributed by atoms with Gasteiger partial charge in [0, 0.05) is 29.7 Å². The van der Waals surface area contributed by atoms with Crippen molar-refractivity contribution in [1.29, 1.82) is 0 Å². The summed E-state index contributed by atoms with van der Waals surface area (Å²) in [6.45, 7) is 1.62. The predicted molar refractivity (Wildman–Crippen MR) is 109 cm³/mol. The first-order valence-electron chi connectivity index (χ1n) is 9.50. The topological polar surface area (TPSA) is 70.2 Å². The number of aromatic nitrogens is 2. The summed E-state index contributed by atoms with van der Waals surface area (Å²) in [5, 5.41) is 3.15. The van der Waals surface area contributed by atoms with Crippen LogP contribution in [0.2, 0.25) is 0 Å². The Morgan fingerprint density at radius 3 is 2.82 bits per heavy atom. The lowest BCUT2D eigenvalue weighted by molar-refractivity contribution is -0.120. The molecule has 3 aromatic rings. The van der Waals surface area contributed by atoms with E-state index in [-0.39, 0.29) is 11.9 Å². The van der Waals surface area contributed by atoms with Gasteiger partial charge in [0.2, 0.25) is 5.91 Å². The lowest BCUT2D eigenvalue weighted by atomic mass is 10.0. The first-order chi connectivity index (χ1) is 13.7. The fraction of sp³-hybridized carbons (Fsp3) is 0.273. The van der Waals surface area contributed by atoms with Gasteiger partial charge in [-0.1, -0.05) is 30.3 Å². The fourth-order valence-electron chi connectivity index (χ4n) is 3.73. The summed E-state index contributed by atoms with van der Waals surface area (Å²) in [5.41, 5.74) is 3.89. The number of carbonyl (C=O) groups is 1. The van der Waals surface area contributed by atoms with Gasteiger partial charge >= 0.3 is 0 Å². The molecule has 28 heavy (non-hydrogen) atoms. The highest BCUT2D eigenvalue weighted by Gasteiger charge is 2.31. The SMILES string of the molecule is COc1ccc(-c2ccccc2NC(=O)[C@H]2CCCN2Cc2cnc[nH]2)cc1. The Morgan fingerprint density at radius 2 is 2.07 bits per heavy atom. The van der Waals surface area contributed by atoms with Crippen molar-refractivity contribution in [3.05, 3.63) is 66.7 Å². The highest BCUT2D eigenvalue weighted by Crippen LogP contribution is 2.30. The van der Waals surface area contributed by atoms with Crippen LogP contribution in [-0.2, 0) is 11.3 Å². The molecule has 0 spiro atoms. The average Bonchev–Trinajstić information content (AvgIpc) is 3.41. The summed E-state index contributed by atoms with van der Waals surface area (Å²) in [7, 11) is 1.65. The van der Waals surface area contributed by atoms with Gasteiger partial charge in [-0.25, -0.2) is 4.98 Å². The zero-order valence-electron chi connectivity index (χ0n) is 15.9. The maximum Gasteiger partial charge on any atom is 0.241 e. The molecule has 1 atom stereocenters. The molecule has 2 aromatic carbocycles. The van der Waals surface area contributed by atoms with E-state index in [1.165, 1.54) is 0 Å². The molecule has 6 heteroatoms. The van der Waals surface area contributed by atoms with Crippen LogP contribution < -0.4 is 10.1 Å². The van der Waals surface area contributed by atoms with E-state index in [1.54, 1.807) is 13.4 Å². The number of ether oxygens (including phenoxy) is 1. The van der Waals surface area contributed by atoms with Crippen LogP contribution in [0.5, 0.6) is 5.75 Å². The number of aromatic amines is 1. The molecule has 6 nitrogen and oxygen atoms in total. The molecule has 1 saturated heterocycles. The maximum atomic E-state index is 13.0. The first-order valence-corrected chi connectivity index (χ1v) is 9.50. The number of carbonyl (C=O) groups excluding carboxylic acids is 1. The quantitative estimate of drug-likeness (QED) is 0.688. The summed E-state index contributed by atoms with van der Waals surface area (Å²) >= 11 is 0. The molecule has 0 unspecified atom stereocenters. The van der Waals surface area contributed by atoms with Gasteiger partial charge in [0.05, 0.1) is 19.5 Å². The Balaban J connectivity index is 1.51. The average molecular weight is 376 g/mol. The summed E-state index contributed by atoms with van der Waals surface area (Å²) in [6.07, 6.45) is 5.37. The Kier molecular flexibility index (Phi) is 5.39. The predicted octanol–water partition coefficient (Wildman–Crippen LogP) is 3.69. The molecular formula is C22H24N4O2. The Labute approximate surface area is 164 Å². The number of amides is 1. The molecule has 0 bridgehead atoms. The Morgan fingerprint density at radius 1 is 1.25 bits per heavy atom. The smallest absolute Gasteiger partial charge is 0.241 e. The van der Waals surface area contributed by atoms with Crippen LogP contribution in [0.3, 0.4) is 0 Å². The molecule has 1 fully saturated rings. The second kappa shape index (κ2) is 8.27. The lowest BCUT2D eigenvalue weighted by Gasteiger charge is -2.23. The molecule has 0 aliphatic carbocycles. The number of nitrogens with one attached hydrogen (secondary N) is 2. The van der Waals surface area contributed by atoms with E-state index >= 15 is 0 Å². The number of imidazole rings is 1. The van der Waals surface area contributed by atoms with Gasteiger partial charge in [0.1, 0.15) is 5.75 Å². The molecule has 2 N–H and O–H groups in total. The molecule has 0 saturated carbocycles. The molecule has 1 amide bonds. The van der Waals surface area contributed by atoms with Crippen molar-refractivity contribution >= 4 is 11.6 Å². The van der Waals surface area contributed by atoms with Crippen molar-refractivity contribution in [3.63, 3.8) is 0 Å². The van der Waals surface area contributed by atoms with Crippen molar-refractivity contribution in [1.82, 2.24) is 14.9 Å². The number of methoxy groups -OCH3 is 1. The Bertz CT molecular complexity index is 922. The van der Waals surface area contributed by atoms with Crippen LogP contribution in [0, 0.1) is 0 Å². The number of H-pyrrole nitrogens is 1. The Hall–Kier alpha value is -3.12. The van der Waals surface area contributed by atoms with Gasteiger partial charge in [-0.2, -0.15) is 0 Å². The van der Waals surface area contributed by atoms with E-state index in [2.05, 4.69) is 20.2 Å². The minimum atomic E-state index is -0.132. The molecule has 1 aliphatic rings. The first kappa shape index (κ1) is 18.3. The molecule has 1 aliphatic heterocycles. The van der Waals surface area contributed by atoms with Crippen LogP contribution in [-0.4, -0.2) is 40.5 Å². The minimum Gasteiger partial charge on any atom is -0.497 e. The number of para-hydroxylation sites is 1. The molecule has 144 valence electrons. The second-order valence-electron chi connectivity index (χ2n) is 6.97. The summed E-state index contributed by atoms with van der Waals surface area (Å²) in [6, 6.07) is 15.6. The van der Waals surface area contributed by atoms with Crippen molar-refractivity contribution in [3.8, 4) is 16.9 Å². The van der Waals surface area contributed by atoms with Crippen molar-refractivity contribution in [2.45, 2.75) is 25.4 Å². The van der Waals surface area contributed by atoms with E-state index < -0.39 is 0 Å². The summed E-state index contributed by atoms with van der Waals surface area (Å²) in [4.78, 5) is 22.4. The number of rotatable bonds is 6. The van der Waals surface area contributed by atoms with Gasteiger partial charge in [-0.3, -0.25) is 9.69 Å². The third-order valence-corrected chi connectivity index (χ3v) is 5.18. The van der Waals surface area contributed by atoms with E-state index in [4.69, 9.17) is 4.74 Å². The molecule has 2 heterocycles. The van der Waals surface area contributed by atoms with Gasteiger partial charge in [-0.15, -0.1) is 0 Å². The van der Waals surface area contributed by atoms with E-state index in [0.29, 0.717) is 6.54 Å². The summed E-state index contributed by atoms with van der Waals surface area (Å²) < 4.78 is 5.24. The zero-order valence-corrected chi connectivity index (χ0v) is 15.9. The van der Waals surface area contributed by atoms with Crippen molar-refractivity contribution < 1.29 is 9.53 Å². The normalized spacial score (nSPS) is 16.8. The molecule has 0 radical (unpaired) electrons. The molecule has 4 rings (SSSR count). The zero-order chi connectivity index (χ0) is 19.3. The van der Waals surface area contributed by atoms with Crippen molar-refractivity contribution in [2.75, 3.05) is 19.0 Å². The van der Waals surface area contributed by atoms with Gasteiger partial charge < -0.3 is 15.0 Å². The van der Waals surface area contributed by atoms with Crippen LogP contribution in [0.15, 0.2) is 61.1 Å². The number of hydrogen-bond donors (Lipinski definition) is 2. The number of hydrogen-bond acceptors (Lipinski definition) is 4. The van der Waals surface area contributed by atoms with Crippen LogP contribution in [0.25, 0.3) is 11.1 Å². The molecule has 1 aromatic heterocycles. The number of anilines is 1. The third kappa shape index (κ3) is 3.92. The largest absolute Gasteiger partial charge is 0.497 e. The fourth-order valence-corrected chi connectivity index (χ4v) is 3.73. The van der Waals surface area contributed by atoms with Gasteiger partial charge in [0.15, 0.2) is 0 Å². The van der Waals surface area contributed by atoms with Gasteiger partial charge in [-0.05, 0) is 43.1 Å². The number of nitrogens with zero attached hydrogens (tertiary/aromatic N) is 2. The van der Waals surface area contributed by atoms with Crippen LogP contribution in [0.1, 0.15) is 18.5 Å². The number of likely N-dealkylation sites (tertiary alicyclic amines) is 1. The highest BCUT2D eigenvalue weighted by molar-refractivity contribution is 5.98. The second-order valence-corrected chi connectivity index (χ2v) is 6.97. The highest BCUT2D eigenvalue weighted by atomic mass is 16.5. The third-order valence-electron chi connectivity index (χ3n) is 5.18. The van der Waals surface area contributed by atoms with E-state index in [0.717, 1.165) is 47.6 Å². The van der Waals surface area contributed by atoms with E-state index in [9.17, 15) is 4.79 Å². The van der Waals surface area contributed by atoms with Gasteiger partial charge in [0.25, 0.3) is 0 Å². The summed E-state index contributed by atoms with van der Waals surface area (Å²) in [5.74, 6) is 0.851. The minimum absolute atomic E-state index is 0.0398. The van der Waals surface area contributed by atoms with Crippen LogP contribution in [0.4, 0.5) is 5.69 Å². The standard InChI is InChI=1S/C22H24N4O2/c1-28-18-10-8-16(9-11-18)19-5-2-3-6-20(19)25-22(27)21-7-4-12-26(21)14-17-13-23-15-24-17/h2-3,5-6,8-11,13,15,21H,4,7,12,14H2,1H3,(H,23,24)(H,25,27)/t21-/m1/s1.